The lowest BCUT2D eigenvalue weighted by atomic mass is 10.1. The van der Waals surface area contributed by atoms with Crippen LogP contribution in [-0.2, 0) is 9.59 Å². The van der Waals surface area contributed by atoms with E-state index in [2.05, 4.69) is 15.3 Å². The van der Waals surface area contributed by atoms with E-state index in [4.69, 9.17) is 0 Å². The fourth-order valence-corrected chi connectivity index (χ4v) is 2.19. The first-order valence-electron chi connectivity index (χ1n) is 6.14. The molecule has 0 saturated carbocycles. The van der Waals surface area contributed by atoms with E-state index in [1.165, 1.54) is 6.92 Å². The van der Waals surface area contributed by atoms with Crippen LogP contribution in [0.4, 0.5) is 5.95 Å². The van der Waals surface area contributed by atoms with E-state index in [-0.39, 0.29) is 11.8 Å². The first-order chi connectivity index (χ1) is 9.13. The normalized spacial score (nSPS) is 19.2. The van der Waals surface area contributed by atoms with Crippen molar-refractivity contribution in [3.05, 3.63) is 18.5 Å². The Hall–Kier alpha value is -2.18. The Morgan fingerprint density at radius 3 is 2.58 bits per heavy atom. The molecule has 102 valence electrons. The summed E-state index contributed by atoms with van der Waals surface area (Å²) < 4.78 is 0. The van der Waals surface area contributed by atoms with Crippen molar-refractivity contribution in [3.8, 4) is 0 Å². The maximum Gasteiger partial charge on any atom is 0.244 e. The van der Waals surface area contributed by atoms with Gasteiger partial charge in [0.2, 0.25) is 17.8 Å². The van der Waals surface area contributed by atoms with Gasteiger partial charge in [0.15, 0.2) is 0 Å². The molecule has 19 heavy (non-hydrogen) atoms. The second kappa shape index (κ2) is 5.64. The number of piperazine rings is 1. The van der Waals surface area contributed by atoms with E-state index in [0.717, 1.165) is 0 Å². The maximum atomic E-state index is 11.9. The fraction of sp³-hybridized carbons (Fsp3) is 0.500. The summed E-state index contributed by atoms with van der Waals surface area (Å²) in [6, 6.07) is 1.24. The fourth-order valence-electron chi connectivity index (χ4n) is 2.19. The van der Waals surface area contributed by atoms with E-state index in [0.29, 0.717) is 25.6 Å². The molecule has 0 aromatic carbocycles. The molecule has 1 atom stereocenters. The molecule has 1 saturated heterocycles. The lowest BCUT2D eigenvalue weighted by molar-refractivity contribution is -0.139. The SMILES string of the molecule is CNC(=O)[C@H]1CN(c2ncccn2)CCN1C(C)=O. The molecule has 0 radical (unpaired) electrons. The van der Waals surface area contributed by atoms with Crippen LogP contribution >= 0.6 is 0 Å². The Labute approximate surface area is 111 Å². The third kappa shape index (κ3) is 2.81. The maximum absolute atomic E-state index is 11.9. The van der Waals surface area contributed by atoms with Crippen molar-refractivity contribution in [1.29, 1.82) is 0 Å². The predicted molar refractivity (Wildman–Crippen MR) is 69.5 cm³/mol. The summed E-state index contributed by atoms with van der Waals surface area (Å²) in [7, 11) is 1.57. The van der Waals surface area contributed by atoms with Crippen molar-refractivity contribution in [2.24, 2.45) is 0 Å². The standard InChI is InChI=1S/C12H17N5O2/c1-9(18)17-7-6-16(8-10(17)11(19)13-2)12-14-4-3-5-15-12/h3-5,10H,6-8H2,1-2H3,(H,13,19)/t10-/m1/s1. The summed E-state index contributed by atoms with van der Waals surface area (Å²) in [5, 5.41) is 2.59. The van der Waals surface area contributed by atoms with Gasteiger partial charge in [0, 0.05) is 39.5 Å². The van der Waals surface area contributed by atoms with Gasteiger partial charge in [0.25, 0.3) is 0 Å². The second-order valence-electron chi connectivity index (χ2n) is 4.34. The highest BCUT2D eigenvalue weighted by Gasteiger charge is 2.34. The van der Waals surface area contributed by atoms with Crippen LogP contribution in [0.15, 0.2) is 18.5 Å². The van der Waals surface area contributed by atoms with Crippen molar-refractivity contribution in [2.45, 2.75) is 13.0 Å². The monoisotopic (exact) mass is 263 g/mol. The highest BCUT2D eigenvalue weighted by atomic mass is 16.2. The number of aromatic nitrogens is 2. The van der Waals surface area contributed by atoms with E-state index < -0.39 is 6.04 Å². The molecule has 1 aromatic rings. The molecule has 0 spiro atoms. The number of hydrogen-bond donors (Lipinski definition) is 1. The van der Waals surface area contributed by atoms with Crippen LogP contribution in [0.5, 0.6) is 0 Å². The molecule has 7 nitrogen and oxygen atoms in total. The Balaban J connectivity index is 2.17. The Kier molecular flexibility index (Phi) is 3.94. The molecular formula is C12H17N5O2. The molecule has 2 rings (SSSR count). The highest BCUT2D eigenvalue weighted by Crippen LogP contribution is 2.15. The number of likely N-dealkylation sites (N-methyl/N-ethyl adjacent to an activating group) is 1. The Bertz CT molecular complexity index is 464. The topological polar surface area (TPSA) is 78.4 Å². The van der Waals surface area contributed by atoms with Crippen LogP contribution in [0.3, 0.4) is 0 Å². The molecule has 1 aliphatic heterocycles. The number of anilines is 1. The van der Waals surface area contributed by atoms with Crippen molar-refractivity contribution in [2.75, 3.05) is 31.6 Å². The van der Waals surface area contributed by atoms with Crippen LogP contribution < -0.4 is 10.2 Å². The van der Waals surface area contributed by atoms with Gasteiger partial charge in [-0.1, -0.05) is 0 Å². The van der Waals surface area contributed by atoms with Crippen molar-refractivity contribution in [1.82, 2.24) is 20.2 Å². The van der Waals surface area contributed by atoms with Gasteiger partial charge in [-0.15, -0.1) is 0 Å². The molecule has 1 aromatic heterocycles. The summed E-state index contributed by atoms with van der Waals surface area (Å²) in [4.78, 5) is 35.3. The van der Waals surface area contributed by atoms with Crippen LogP contribution in [0.1, 0.15) is 6.92 Å². The number of nitrogens with zero attached hydrogens (tertiary/aromatic N) is 4. The van der Waals surface area contributed by atoms with Crippen molar-refractivity contribution >= 4 is 17.8 Å². The predicted octanol–water partition coefficient (Wildman–Crippen LogP) is -0.740. The number of carbonyl (C=O) groups is 2. The van der Waals surface area contributed by atoms with Gasteiger partial charge < -0.3 is 15.1 Å². The van der Waals surface area contributed by atoms with E-state index in [1.54, 1.807) is 30.4 Å². The number of carbonyl (C=O) groups excluding carboxylic acids is 2. The van der Waals surface area contributed by atoms with Crippen molar-refractivity contribution < 1.29 is 9.59 Å². The summed E-state index contributed by atoms with van der Waals surface area (Å²) in [6.07, 6.45) is 3.32. The number of rotatable bonds is 2. The quantitative estimate of drug-likeness (QED) is 0.760. The Morgan fingerprint density at radius 1 is 1.32 bits per heavy atom. The van der Waals surface area contributed by atoms with Crippen LogP contribution in [-0.4, -0.2) is 59.4 Å². The van der Waals surface area contributed by atoms with Gasteiger partial charge in [0.05, 0.1) is 6.54 Å². The summed E-state index contributed by atoms with van der Waals surface area (Å²) in [5.74, 6) is 0.317. The van der Waals surface area contributed by atoms with Gasteiger partial charge in [-0.2, -0.15) is 0 Å². The molecule has 0 unspecified atom stereocenters. The average molecular weight is 263 g/mol. The minimum Gasteiger partial charge on any atom is -0.357 e. The van der Waals surface area contributed by atoms with Gasteiger partial charge in [0.1, 0.15) is 6.04 Å². The average Bonchev–Trinajstić information content (AvgIpc) is 2.46. The first kappa shape index (κ1) is 13.3. The van der Waals surface area contributed by atoms with E-state index in [9.17, 15) is 9.59 Å². The molecule has 0 bridgehead atoms. The number of amides is 2. The summed E-state index contributed by atoms with van der Waals surface area (Å²) in [6.45, 7) is 3.00. The summed E-state index contributed by atoms with van der Waals surface area (Å²) >= 11 is 0. The lowest BCUT2D eigenvalue weighted by Gasteiger charge is -2.39. The molecule has 7 heteroatoms. The molecule has 1 fully saturated rings. The van der Waals surface area contributed by atoms with Gasteiger partial charge in [-0.3, -0.25) is 9.59 Å². The first-order valence-corrected chi connectivity index (χ1v) is 6.14. The third-order valence-corrected chi connectivity index (χ3v) is 3.17. The third-order valence-electron chi connectivity index (χ3n) is 3.17. The smallest absolute Gasteiger partial charge is 0.244 e. The molecule has 1 aliphatic rings. The summed E-state index contributed by atoms with van der Waals surface area (Å²) in [5.41, 5.74) is 0. The van der Waals surface area contributed by atoms with E-state index >= 15 is 0 Å². The molecule has 0 aliphatic carbocycles. The van der Waals surface area contributed by atoms with Crippen LogP contribution in [0.2, 0.25) is 0 Å². The minimum atomic E-state index is -0.500. The Morgan fingerprint density at radius 2 is 2.00 bits per heavy atom. The largest absolute Gasteiger partial charge is 0.357 e. The zero-order valence-corrected chi connectivity index (χ0v) is 11.0. The van der Waals surface area contributed by atoms with Gasteiger partial charge in [-0.05, 0) is 6.07 Å². The highest BCUT2D eigenvalue weighted by molar-refractivity contribution is 5.87. The molecule has 1 N–H and O–H groups in total. The second-order valence-corrected chi connectivity index (χ2v) is 4.34. The number of nitrogens with one attached hydrogen (secondary N) is 1. The van der Waals surface area contributed by atoms with E-state index in [1.807, 2.05) is 4.90 Å². The molecule has 2 heterocycles. The number of hydrogen-bond acceptors (Lipinski definition) is 5. The lowest BCUT2D eigenvalue weighted by Crippen LogP contribution is -2.60. The molecular weight excluding hydrogens is 246 g/mol. The zero-order valence-electron chi connectivity index (χ0n) is 11.0. The van der Waals surface area contributed by atoms with Crippen LogP contribution in [0, 0.1) is 0 Å². The zero-order chi connectivity index (χ0) is 13.8. The minimum absolute atomic E-state index is 0.0952. The van der Waals surface area contributed by atoms with Crippen LogP contribution in [0.25, 0.3) is 0 Å². The van der Waals surface area contributed by atoms with Gasteiger partial charge >= 0.3 is 0 Å². The van der Waals surface area contributed by atoms with Gasteiger partial charge in [-0.25, -0.2) is 9.97 Å². The molecule has 2 amide bonds. The van der Waals surface area contributed by atoms with Crippen molar-refractivity contribution in [3.63, 3.8) is 0 Å².